The smallest absolute Gasteiger partial charge is 0.256 e. The molecule has 0 aliphatic carbocycles. The summed E-state index contributed by atoms with van der Waals surface area (Å²) >= 11 is 0. The fourth-order valence-electron chi connectivity index (χ4n) is 1.76. The van der Waals surface area contributed by atoms with Crippen molar-refractivity contribution in [3.63, 3.8) is 0 Å². The second kappa shape index (κ2) is 8.26. The first-order chi connectivity index (χ1) is 8.02. The van der Waals surface area contributed by atoms with Gasteiger partial charge in [-0.2, -0.15) is 0 Å². The van der Waals surface area contributed by atoms with E-state index in [4.69, 9.17) is 4.12 Å². The summed E-state index contributed by atoms with van der Waals surface area (Å²) in [5.41, 5.74) is 0. The Bertz CT molecular complexity index is 195. The van der Waals surface area contributed by atoms with Crippen molar-refractivity contribution in [3.05, 3.63) is 0 Å². The van der Waals surface area contributed by atoms with Gasteiger partial charge in [-0.1, -0.05) is 20.8 Å². The predicted molar refractivity (Wildman–Crippen MR) is 65.8 cm³/mol. The Morgan fingerprint density at radius 3 is 1.65 bits per heavy atom. The molecule has 0 spiro atoms. The highest BCUT2D eigenvalue weighted by atomic mass is 28.4. The van der Waals surface area contributed by atoms with E-state index in [2.05, 4.69) is 0 Å². The summed E-state index contributed by atoms with van der Waals surface area (Å²) in [5, 5.41) is 0. The molecule has 0 bridgehead atoms. The molecule has 0 amide bonds. The van der Waals surface area contributed by atoms with Crippen LogP contribution in [0.5, 0.6) is 0 Å². The lowest BCUT2D eigenvalue weighted by atomic mass is 10.8. The first-order valence-corrected chi connectivity index (χ1v) is 10.0. The average molecular weight is 289 g/mol. The Balaban J connectivity index is 5.03. The molecule has 2 atom stereocenters. The summed E-state index contributed by atoms with van der Waals surface area (Å²) in [6.07, 6.45) is 0. The zero-order valence-electron chi connectivity index (χ0n) is 10.6. The second-order valence-corrected chi connectivity index (χ2v) is 11.1. The normalized spacial score (nSPS) is 19.1. The van der Waals surface area contributed by atoms with E-state index >= 15 is 0 Å². The summed E-state index contributed by atoms with van der Waals surface area (Å²) in [4.78, 5) is 0. The molecule has 0 aromatic rings. The third-order valence-corrected chi connectivity index (χ3v) is 10.8. The fraction of sp³-hybridized carbons (Fsp3) is 1.00. The van der Waals surface area contributed by atoms with E-state index in [1.54, 1.807) is 6.92 Å². The SMILES string of the molecule is CC[Si](CC)O[Si](CC)(C(F)CF)C(F)CF. The van der Waals surface area contributed by atoms with Gasteiger partial charge < -0.3 is 4.12 Å². The number of rotatable bonds is 9. The van der Waals surface area contributed by atoms with E-state index in [-0.39, 0.29) is 6.04 Å². The quantitative estimate of drug-likeness (QED) is 0.464. The van der Waals surface area contributed by atoms with Crippen LogP contribution < -0.4 is 0 Å². The third-order valence-electron chi connectivity index (χ3n) is 3.01. The number of halogens is 4. The molecule has 103 valence electrons. The maximum atomic E-state index is 13.7. The van der Waals surface area contributed by atoms with Gasteiger partial charge in [0.25, 0.3) is 8.32 Å². The Morgan fingerprint density at radius 2 is 1.41 bits per heavy atom. The van der Waals surface area contributed by atoms with Crippen molar-refractivity contribution >= 4 is 17.4 Å². The maximum Gasteiger partial charge on any atom is 0.256 e. The van der Waals surface area contributed by atoms with Crippen LogP contribution in [0.4, 0.5) is 17.6 Å². The van der Waals surface area contributed by atoms with Crippen LogP contribution in [0.3, 0.4) is 0 Å². The van der Waals surface area contributed by atoms with Crippen molar-refractivity contribution in [2.75, 3.05) is 13.3 Å². The van der Waals surface area contributed by atoms with Crippen molar-refractivity contribution in [2.45, 2.75) is 50.5 Å². The molecule has 0 N–H and O–H groups in total. The monoisotopic (exact) mass is 289 g/mol. The molecule has 0 aromatic carbocycles. The van der Waals surface area contributed by atoms with Gasteiger partial charge in [0.2, 0.25) is 0 Å². The molecule has 0 rings (SSSR count). The lowest BCUT2D eigenvalue weighted by Crippen LogP contribution is -2.60. The van der Waals surface area contributed by atoms with Crippen LogP contribution in [-0.4, -0.2) is 42.3 Å². The molecule has 17 heavy (non-hydrogen) atoms. The summed E-state index contributed by atoms with van der Waals surface area (Å²) in [7, 11) is -4.97. The number of alkyl halides is 4. The van der Waals surface area contributed by atoms with Crippen LogP contribution in [0.2, 0.25) is 18.1 Å². The molecule has 0 aromatic heterocycles. The first kappa shape index (κ1) is 17.1. The summed E-state index contributed by atoms with van der Waals surface area (Å²) in [6, 6.07) is 1.44. The molecule has 0 heterocycles. The van der Waals surface area contributed by atoms with Crippen LogP contribution in [0.25, 0.3) is 0 Å². The average Bonchev–Trinajstić information content (AvgIpc) is 2.39. The number of hydrogen-bond acceptors (Lipinski definition) is 1. The molecule has 2 unspecified atom stereocenters. The van der Waals surface area contributed by atoms with E-state index < -0.39 is 42.3 Å². The summed E-state index contributed by atoms with van der Waals surface area (Å²) in [6.45, 7) is 2.73. The fourth-order valence-corrected chi connectivity index (χ4v) is 8.97. The Hall–Kier alpha value is 0.114. The van der Waals surface area contributed by atoms with Gasteiger partial charge in [0.15, 0.2) is 9.04 Å². The van der Waals surface area contributed by atoms with Gasteiger partial charge in [-0.3, -0.25) is 0 Å². The van der Waals surface area contributed by atoms with Crippen LogP contribution in [0, 0.1) is 0 Å². The van der Waals surface area contributed by atoms with Gasteiger partial charge in [0.1, 0.15) is 24.9 Å². The van der Waals surface area contributed by atoms with Crippen LogP contribution >= 0.6 is 0 Å². The van der Waals surface area contributed by atoms with Gasteiger partial charge in [0, 0.05) is 0 Å². The highest BCUT2D eigenvalue weighted by Gasteiger charge is 2.51. The molecule has 1 nitrogen and oxygen atoms in total. The van der Waals surface area contributed by atoms with Crippen molar-refractivity contribution in [2.24, 2.45) is 0 Å². The van der Waals surface area contributed by atoms with Crippen LogP contribution in [0.1, 0.15) is 20.8 Å². The molecule has 0 saturated heterocycles. The van der Waals surface area contributed by atoms with E-state index in [0.29, 0.717) is 12.1 Å². The Morgan fingerprint density at radius 1 is 1.00 bits per heavy atom. The molecule has 0 fully saturated rings. The highest BCUT2D eigenvalue weighted by molar-refractivity contribution is 6.82. The topological polar surface area (TPSA) is 9.23 Å². The highest BCUT2D eigenvalue weighted by Crippen LogP contribution is 2.28. The second-order valence-electron chi connectivity index (χ2n) is 3.90. The number of hydrogen-bond donors (Lipinski definition) is 0. The lowest BCUT2D eigenvalue weighted by molar-refractivity contribution is 0.245. The summed E-state index contributed by atoms with van der Waals surface area (Å²) < 4.78 is 58.0. The van der Waals surface area contributed by atoms with Gasteiger partial charge in [-0.05, 0) is 18.1 Å². The Labute approximate surface area is 103 Å². The van der Waals surface area contributed by atoms with Gasteiger partial charge in [-0.25, -0.2) is 17.6 Å². The van der Waals surface area contributed by atoms with Crippen molar-refractivity contribution in [1.82, 2.24) is 0 Å². The standard InChI is InChI=1S/C10H21F4OSi2/c1-4-16(5-2)15-17(6-3,9(13)7-11)10(14)8-12/h9-10H,4-8H2,1-3H3. The molecular formula is C10H21F4OSi2. The van der Waals surface area contributed by atoms with Crippen molar-refractivity contribution in [1.29, 1.82) is 0 Å². The largest absolute Gasteiger partial charge is 0.452 e. The first-order valence-electron chi connectivity index (χ1n) is 5.96. The zero-order valence-corrected chi connectivity index (χ0v) is 12.6. The Kier molecular flexibility index (Phi) is 8.31. The maximum absolute atomic E-state index is 13.7. The van der Waals surface area contributed by atoms with Gasteiger partial charge in [-0.15, -0.1) is 0 Å². The minimum absolute atomic E-state index is 0.0668. The molecular weight excluding hydrogens is 268 g/mol. The summed E-state index contributed by atoms with van der Waals surface area (Å²) in [5.74, 6) is -3.95. The van der Waals surface area contributed by atoms with Crippen molar-refractivity contribution in [3.8, 4) is 0 Å². The van der Waals surface area contributed by atoms with E-state index in [1.807, 2.05) is 13.8 Å². The van der Waals surface area contributed by atoms with E-state index in [0.717, 1.165) is 0 Å². The minimum atomic E-state index is -3.62. The van der Waals surface area contributed by atoms with Crippen LogP contribution in [0.15, 0.2) is 0 Å². The molecule has 0 aliphatic rings. The zero-order chi connectivity index (χ0) is 13.5. The minimum Gasteiger partial charge on any atom is -0.452 e. The van der Waals surface area contributed by atoms with Crippen LogP contribution in [-0.2, 0) is 4.12 Å². The van der Waals surface area contributed by atoms with Gasteiger partial charge >= 0.3 is 0 Å². The molecule has 7 heteroatoms. The molecule has 1 radical (unpaired) electrons. The third kappa shape index (κ3) is 4.06. The molecule has 0 saturated carbocycles. The van der Waals surface area contributed by atoms with Gasteiger partial charge in [0.05, 0.1) is 0 Å². The lowest BCUT2D eigenvalue weighted by Gasteiger charge is -2.36. The predicted octanol–water partition coefficient (Wildman–Crippen LogP) is 3.69. The van der Waals surface area contributed by atoms with E-state index in [1.165, 1.54) is 0 Å². The van der Waals surface area contributed by atoms with Crippen molar-refractivity contribution < 1.29 is 21.7 Å². The molecule has 0 aliphatic heterocycles. The van der Waals surface area contributed by atoms with E-state index in [9.17, 15) is 17.6 Å².